The third-order valence-corrected chi connectivity index (χ3v) is 4.13. The van der Waals surface area contributed by atoms with E-state index in [2.05, 4.69) is 14.9 Å². The van der Waals surface area contributed by atoms with Crippen LogP contribution in [-0.2, 0) is 4.74 Å². The van der Waals surface area contributed by atoms with Crippen LogP contribution >= 0.6 is 0 Å². The minimum Gasteiger partial charge on any atom is -0.380 e. The van der Waals surface area contributed by atoms with Crippen LogP contribution in [0.15, 0.2) is 36.7 Å². The van der Waals surface area contributed by atoms with Gasteiger partial charge in [0.25, 0.3) is 0 Å². The largest absolute Gasteiger partial charge is 0.380 e. The molecule has 1 aliphatic heterocycles. The fourth-order valence-corrected chi connectivity index (χ4v) is 2.92. The van der Waals surface area contributed by atoms with E-state index < -0.39 is 11.6 Å². The molecule has 122 valence electrons. The molecule has 2 atom stereocenters. The number of aromatic amines is 1. The first-order valence-corrected chi connectivity index (χ1v) is 7.55. The molecule has 1 aromatic carbocycles. The standard InChI is InChI=1S/C17H19F2N3O/c1-23-13-10-16(17-20-6-7-21-17)22(11-13)8-2-3-12-4-5-14(18)15(19)9-12/h2-7,9,13,16H,8,10-11H2,1H3,(H,20,21)/b3-2+/t13-,16?/m1/s1. The van der Waals surface area contributed by atoms with Gasteiger partial charge in [-0.1, -0.05) is 18.2 Å². The van der Waals surface area contributed by atoms with E-state index in [1.165, 1.54) is 6.07 Å². The lowest BCUT2D eigenvalue weighted by Crippen LogP contribution is -2.25. The van der Waals surface area contributed by atoms with Crippen LogP contribution in [0.2, 0.25) is 0 Å². The molecular weight excluding hydrogens is 300 g/mol. The monoisotopic (exact) mass is 319 g/mol. The van der Waals surface area contributed by atoms with Crippen LogP contribution in [0.1, 0.15) is 23.9 Å². The summed E-state index contributed by atoms with van der Waals surface area (Å²) >= 11 is 0. The van der Waals surface area contributed by atoms with E-state index in [-0.39, 0.29) is 12.1 Å². The van der Waals surface area contributed by atoms with E-state index in [0.29, 0.717) is 12.1 Å². The van der Waals surface area contributed by atoms with E-state index in [1.807, 2.05) is 12.3 Å². The van der Waals surface area contributed by atoms with Crippen LogP contribution in [0.25, 0.3) is 6.08 Å². The SMILES string of the molecule is CO[C@@H]1CC(c2ncc[nH]2)N(C/C=C/c2ccc(F)c(F)c2)C1. The van der Waals surface area contributed by atoms with E-state index in [9.17, 15) is 8.78 Å². The highest BCUT2D eigenvalue weighted by atomic mass is 19.2. The summed E-state index contributed by atoms with van der Waals surface area (Å²) in [5.74, 6) is -0.741. The van der Waals surface area contributed by atoms with Crippen molar-refractivity contribution in [1.82, 2.24) is 14.9 Å². The number of nitrogens with one attached hydrogen (secondary N) is 1. The van der Waals surface area contributed by atoms with Crippen molar-refractivity contribution < 1.29 is 13.5 Å². The smallest absolute Gasteiger partial charge is 0.159 e. The molecular formula is C17H19F2N3O. The Balaban J connectivity index is 1.67. The van der Waals surface area contributed by atoms with Crippen LogP contribution in [-0.4, -0.2) is 41.2 Å². The summed E-state index contributed by atoms with van der Waals surface area (Å²) in [5, 5.41) is 0. The topological polar surface area (TPSA) is 41.1 Å². The van der Waals surface area contributed by atoms with Crippen LogP contribution < -0.4 is 0 Å². The minimum atomic E-state index is -0.832. The maximum Gasteiger partial charge on any atom is 0.159 e. The zero-order chi connectivity index (χ0) is 16.2. The summed E-state index contributed by atoms with van der Waals surface area (Å²) < 4.78 is 31.6. The molecule has 1 unspecified atom stereocenters. The molecule has 0 bridgehead atoms. The summed E-state index contributed by atoms with van der Waals surface area (Å²) in [6, 6.07) is 4.06. The van der Waals surface area contributed by atoms with E-state index in [1.54, 1.807) is 25.4 Å². The van der Waals surface area contributed by atoms with Gasteiger partial charge in [0.15, 0.2) is 11.6 Å². The lowest BCUT2D eigenvalue weighted by Gasteiger charge is -2.20. The Labute approximate surface area is 133 Å². The zero-order valence-corrected chi connectivity index (χ0v) is 12.9. The van der Waals surface area contributed by atoms with Crippen molar-refractivity contribution in [3.05, 3.63) is 59.7 Å². The Bertz CT molecular complexity index is 672. The molecule has 1 aromatic heterocycles. The highest BCUT2D eigenvalue weighted by Gasteiger charge is 2.33. The molecule has 0 radical (unpaired) electrons. The minimum absolute atomic E-state index is 0.168. The highest BCUT2D eigenvalue weighted by molar-refractivity contribution is 5.49. The van der Waals surface area contributed by atoms with Gasteiger partial charge in [0.2, 0.25) is 0 Å². The summed E-state index contributed by atoms with van der Waals surface area (Å²) in [4.78, 5) is 9.74. The normalized spacial score (nSPS) is 22.2. The molecule has 4 nitrogen and oxygen atoms in total. The van der Waals surface area contributed by atoms with Crippen molar-refractivity contribution >= 4 is 6.08 Å². The van der Waals surface area contributed by atoms with Gasteiger partial charge >= 0.3 is 0 Å². The van der Waals surface area contributed by atoms with Crippen molar-refractivity contribution in [2.24, 2.45) is 0 Å². The number of hydrogen-bond acceptors (Lipinski definition) is 3. The predicted molar refractivity (Wildman–Crippen MR) is 83.7 cm³/mol. The lowest BCUT2D eigenvalue weighted by molar-refractivity contribution is 0.109. The number of imidazole rings is 1. The summed E-state index contributed by atoms with van der Waals surface area (Å²) in [7, 11) is 1.71. The molecule has 2 aromatic rings. The van der Waals surface area contributed by atoms with Crippen molar-refractivity contribution in [2.45, 2.75) is 18.6 Å². The number of ether oxygens (including phenoxy) is 1. The van der Waals surface area contributed by atoms with Crippen molar-refractivity contribution in [3.8, 4) is 0 Å². The number of halogens is 2. The number of rotatable bonds is 5. The molecule has 0 spiro atoms. The first-order valence-electron chi connectivity index (χ1n) is 7.55. The first kappa shape index (κ1) is 15.8. The average molecular weight is 319 g/mol. The van der Waals surface area contributed by atoms with Crippen molar-refractivity contribution in [2.75, 3.05) is 20.2 Å². The molecule has 23 heavy (non-hydrogen) atoms. The molecule has 1 N–H and O–H groups in total. The van der Waals surface area contributed by atoms with Crippen molar-refractivity contribution in [3.63, 3.8) is 0 Å². The van der Waals surface area contributed by atoms with Gasteiger partial charge in [0, 0.05) is 32.6 Å². The van der Waals surface area contributed by atoms with Gasteiger partial charge in [-0.2, -0.15) is 0 Å². The Morgan fingerprint density at radius 2 is 2.26 bits per heavy atom. The molecule has 0 amide bonds. The number of hydrogen-bond donors (Lipinski definition) is 1. The van der Waals surface area contributed by atoms with Crippen molar-refractivity contribution in [1.29, 1.82) is 0 Å². The van der Waals surface area contributed by atoms with Crippen LogP contribution in [0, 0.1) is 11.6 Å². The molecule has 1 fully saturated rings. The van der Waals surface area contributed by atoms with Gasteiger partial charge in [-0.3, -0.25) is 4.90 Å². The van der Waals surface area contributed by atoms with Crippen LogP contribution in [0.5, 0.6) is 0 Å². The Hall–Kier alpha value is -2.05. The second-order valence-corrected chi connectivity index (χ2v) is 5.61. The highest BCUT2D eigenvalue weighted by Crippen LogP contribution is 2.31. The number of aromatic nitrogens is 2. The van der Waals surface area contributed by atoms with Gasteiger partial charge in [-0.25, -0.2) is 13.8 Å². The Morgan fingerprint density at radius 1 is 1.39 bits per heavy atom. The fraction of sp³-hybridized carbons (Fsp3) is 0.353. The summed E-state index contributed by atoms with van der Waals surface area (Å²) in [5.41, 5.74) is 0.640. The number of methoxy groups -OCH3 is 1. The van der Waals surface area contributed by atoms with E-state index >= 15 is 0 Å². The van der Waals surface area contributed by atoms with Gasteiger partial charge < -0.3 is 9.72 Å². The second kappa shape index (κ2) is 7.02. The Morgan fingerprint density at radius 3 is 2.96 bits per heavy atom. The molecule has 0 aliphatic carbocycles. The lowest BCUT2D eigenvalue weighted by atomic mass is 10.2. The second-order valence-electron chi connectivity index (χ2n) is 5.61. The number of benzene rings is 1. The first-order chi connectivity index (χ1) is 11.2. The van der Waals surface area contributed by atoms with Gasteiger partial charge in [-0.15, -0.1) is 0 Å². The quantitative estimate of drug-likeness (QED) is 0.920. The molecule has 3 rings (SSSR count). The molecule has 1 aliphatic rings. The molecule has 1 saturated heterocycles. The summed E-state index contributed by atoms with van der Waals surface area (Å²) in [6.07, 6.45) is 8.34. The van der Waals surface area contributed by atoms with Gasteiger partial charge in [0.05, 0.1) is 12.1 Å². The third kappa shape index (κ3) is 3.65. The maximum atomic E-state index is 13.2. The number of nitrogens with zero attached hydrogens (tertiary/aromatic N) is 2. The molecule has 2 heterocycles. The average Bonchev–Trinajstić information content (AvgIpc) is 3.19. The van der Waals surface area contributed by atoms with Gasteiger partial charge in [0.1, 0.15) is 5.82 Å². The van der Waals surface area contributed by atoms with Crippen LogP contribution in [0.4, 0.5) is 8.78 Å². The summed E-state index contributed by atoms with van der Waals surface area (Å²) in [6.45, 7) is 1.49. The third-order valence-electron chi connectivity index (χ3n) is 4.13. The number of likely N-dealkylation sites (tertiary alicyclic amines) is 1. The number of H-pyrrole nitrogens is 1. The van der Waals surface area contributed by atoms with Crippen LogP contribution in [0.3, 0.4) is 0 Å². The molecule has 6 heteroatoms. The molecule has 0 saturated carbocycles. The fourth-order valence-electron chi connectivity index (χ4n) is 2.92. The van der Waals surface area contributed by atoms with Gasteiger partial charge in [-0.05, 0) is 24.1 Å². The predicted octanol–water partition coefficient (Wildman–Crippen LogP) is 3.16. The zero-order valence-electron chi connectivity index (χ0n) is 12.9. The maximum absolute atomic E-state index is 13.2. The van der Waals surface area contributed by atoms with E-state index in [4.69, 9.17) is 4.74 Å². The van der Waals surface area contributed by atoms with E-state index in [0.717, 1.165) is 24.9 Å². The Kier molecular flexibility index (Phi) is 4.83.